The van der Waals surface area contributed by atoms with Crippen LogP contribution in [0.25, 0.3) is 5.78 Å². The monoisotopic (exact) mass is 466 g/mol. The molecule has 0 unspecified atom stereocenters. The summed E-state index contributed by atoms with van der Waals surface area (Å²) in [6.45, 7) is 2.24. The summed E-state index contributed by atoms with van der Waals surface area (Å²) >= 11 is 5.91. The van der Waals surface area contributed by atoms with E-state index in [0.29, 0.717) is 40.2 Å². The molecule has 0 aliphatic heterocycles. The Morgan fingerprint density at radius 3 is 2.67 bits per heavy atom. The van der Waals surface area contributed by atoms with E-state index in [0.717, 1.165) is 5.56 Å². The van der Waals surface area contributed by atoms with Crippen LogP contribution in [-0.4, -0.2) is 32.6 Å². The minimum Gasteiger partial charge on any atom is -0.495 e. The summed E-state index contributed by atoms with van der Waals surface area (Å²) in [5, 5.41) is 9.55. The van der Waals surface area contributed by atoms with Crippen molar-refractivity contribution in [2.24, 2.45) is 0 Å². The van der Waals surface area contributed by atoms with Crippen molar-refractivity contribution in [1.82, 2.24) is 19.6 Å². The van der Waals surface area contributed by atoms with Crippen LogP contribution in [0, 0.1) is 6.92 Å². The van der Waals surface area contributed by atoms with Gasteiger partial charge in [-0.25, -0.2) is 4.98 Å². The van der Waals surface area contributed by atoms with Crippen LogP contribution in [0.2, 0.25) is 5.02 Å². The number of carbonyl (C=O) groups excluding carboxylic acids is 1. The molecule has 33 heavy (non-hydrogen) atoms. The number of anilines is 2. The lowest BCUT2D eigenvalue weighted by Crippen LogP contribution is -2.23. The minimum atomic E-state index is -0.283. The molecule has 3 N–H and O–H groups in total. The molecule has 0 saturated carbocycles. The minimum absolute atomic E-state index is 0.123. The number of aromatic amines is 1. The fraction of sp³-hybridized carbons (Fsp3) is 0.217. The normalized spacial score (nSPS) is 10.9. The van der Waals surface area contributed by atoms with Crippen LogP contribution >= 0.6 is 11.6 Å². The number of hydrogen-bond acceptors (Lipinski definition) is 6. The number of ether oxygens (including phenoxy) is 1. The van der Waals surface area contributed by atoms with Gasteiger partial charge in [0.2, 0.25) is 11.9 Å². The Balaban J connectivity index is 1.46. The predicted molar refractivity (Wildman–Crippen MR) is 127 cm³/mol. The van der Waals surface area contributed by atoms with E-state index in [1.165, 1.54) is 4.52 Å². The van der Waals surface area contributed by atoms with Crippen molar-refractivity contribution in [2.45, 2.75) is 26.3 Å². The topological polar surface area (TPSA) is 113 Å². The lowest BCUT2D eigenvalue weighted by molar-refractivity contribution is -0.116. The number of carbonyl (C=O) groups is 1. The first kappa shape index (κ1) is 22.3. The molecule has 0 aliphatic rings. The zero-order valence-electron chi connectivity index (χ0n) is 18.2. The number of nitrogens with one attached hydrogen (secondary N) is 3. The number of methoxy groups -OCH3 is 1. The molecular formula is C23H23ClN6O3. The Morgan fingerprint density at radius 2 is 1.91 bits per heavy atom. The summed E-state index contributed by atoms with van der Waals surface area (Å²) < 4.78 is 6.53. The smallest absolute Gasteiger partial charge is 0.277 e. The summed E-state index contributed by atoms with van der Waals surface area (Å²) in [5.41, 5.74) is 2.31. The molecule has 0 spiro atoms. The van der Waals surface area contributed by atoms with Gasteiger partial charge in [0.1, 0.15) is 5.75 Å². The van der Waals surface area contributed by atoms with Crippen molar-refractivity contribution in [3.05, 3.63) is 80.7 Å². The Kier molecular flexibility index (Phi) is 6.60. The molecule has 0 fully saturated rings. The lowest BCUT2D eigenvalue weighted by Gasteiger charge is -2.10. The second-order valence-electron chi connectivity index (χ2n) is 7.42. The van der Waals surface area contributed by atoms with Crippen LogP contribution in [0.3, 0.4) is 0 Å². The SMILES string of the molecule is COc1ccccc1NC(=O)CCc1c(C)nc2nc(NCc3ccc(Cl)cc3)[nH]n2c1=O. The number of halogens is 1. The summed E-state index contributed by atoms with van der Waals surface area (Å²) in [6, 6.07) is 14.6. The first-order chi connectivity index (χ1) is 15.9. The molecule has 9 nitrogen and oxygen atoms in total. The average molecular weight is 467 g/mol. The highest BCUT2D eigenvalue weighted by atomic mass is 35.5. The summed E-state index contributed by atoms with van der Waals surface area (Å²) in [6.07, 6.45) is 0.367. The summed E-state index contributed by atoms with van der Waals surface area (Å²) in [7, 11) is 1.54. The highest BCUT2D eigenvalue weighted by Crippen LogP contribution is 2.23. The van der Waals surface area contributed by atoms with Gasteiger partial charge in [0, 0.05) is 23.6 Å². The number of H-pyrrole nitrogens is 1. The van der Waals surface area contributed by atoms with Gasteiger partial charge in [0.05, 0.1) is 18.5 Å². The van der Waals surface area contributed by atoms with Crippen molar-refractivity contribution < 1.29 is 9.53 Å². The summed E-state index contributed by atoms with van der Waals surface area (Å²) in [5.74, 6) is 1.03. The van der Waals surface area contributed by atoms with Crippen LogP contribution in [-0.2, 0) is 17.8 Å². The van der Waals surface area contributed by atoms with Crippen molar-refractivity contribution >= 4 is 34.9 Å². The van der Waals surface area contributed by atoms with Gasteiger partial charge in [-0.2, -0.15) is 9.50 Å². The highest BCUT2D eigenvalue weighted by Gasteiger charge is 2.15. The van der Waals surface area contributed by atoms with E-state index in [-0.39, 0.29) is 30.1 Å². The summed E-state index contributed by atoms with van der Waals surface area (Å²) in [4.78, 5) is 34.2. The van der Waals surface area contributed by atoms with E-state index in [2.05, 4.69) is 25.7 Å². The molecule has 4 aromatic rings. The molecule has 4 rings (SSSR count). The molecule has 0 bridgehead atoms. The molecule has 0 atom stereocenters. The van der Waals surface area contributed by atoms with E-state index in [9.17, 15) is 9.59 Å². The third-order valence-electron chi connectivity index (χ3n) is 5.15. The maximum Gasteiger partial charge on any atom is 0.277 e. The average Bonchev–Trinajstić information content (AvgIpc) is 3.22. The highest BCUT2D eigenvalue weighted by molar-refractivity contribution is 6.30. The number of aryl methyl sites for hydroxylation is 1. The first-order valence-electron chi connectivity index (χ1n) is 10.3. The van der Waals surface area contributed by atoms with Gasteiger partial charge in [-0.15, -0.1) is 0 Å². The molecule has 0 aliphatic carbocycles. The number of amides is 1. The fourth-order valence-corrected chi connectivity index (χ4v) is 3.53. The van der Waals surface area contributed by atoms with Crippen LogP contribution in [0.4, 0.5) is 11.6 Å². The third kappa shape index (κ3) is 5.15. The van der Waals surface area contributed by atoms with E-state index in [1.807, 2.05) is 36.4 Å². The molecule has 0 radical (unpaired) electrons. The Morgan fingerprint density at radius 1 is 1.15 bits per heavy atom. The molecule has 2 heterocycles. The number of rotatable bonds is 8. The molecular weight excluding hydrogens is 444 g/mol. The number of aromatic nitrogens is 4. The van der Waals surface area contributed by atoms with E-state index >= 15 is 0 Å². The maximum atomic E-state index is 13.0. The second kappa shape index (κ2) is 9.74. The molecule has 2 aromatic heterocycles. The van der Waals surface area contributed by atoms with Crippen LogP contribution < -0.4 is 20.9 Å². The van der Waals surface area contributed by atoms with Crippen LogP contribution in [0.1, 0.15) is 23.2 Å². The lowest BCUT2D eigenvalue weighted by atomic mass is 10.1. The second-order valence-corrected chi connectivity index (χ2v) is 7.85. The van der Waals surface area contributed by atoms with Gasteiger partial charge in [0.25, 0.3) is 11.3 Å². The first-order valence-corrected chi connectivity index (χ1v) is 10.7. The van der Waals surface area contributed by atoms with Gasteiger partial charge < -0.3 is 15.4 Å². The van der Waals surface area contributed by atoms with Gasteiger partial charge in [-0.1, -0.05) is 35.9 Å². The van der Waals surface area contributed by atoms with E-state index in [1.54, 1.807) is 26.2 Å². The number of fused-ring (bicyclic) bond motifs is 1. The third-order valence-corrected chi connectivity index (χ3v) is 5.40. The van der Waals surface area contributed by atoms with E-state index in [4.69, 9.17) is 16.3 Å². The number of benzene rings is 2. The zero-order chi connectivity index (χ0) is 23.4. The number of nitrogens with zero attached hydrogens (tertiary/aromatic N) is 3. The van der Waals surface area contributed by atoms with Crippen molar-refractivity contribution in [2.75, 3.05) is 17.7 Å². The number of para-hydroxylation sites is 2. The zero-order valence-corrected chi connectivity index (χ0v) is 18.9. The van der Waals surface area contributed by atoms with Crippen molar-refractivity contribution in [1.29, 1.82) is 0 Å². The molecule has 170 valence electrons. The molecule has 1 amide bonds. The standard InChI is InChI=1S/C23H23ClN6O3/c1-14-17(11-12-20(31)27-18-5-3-4-6-19(18)33-2)21(32)30-23(26-14)28-22(29-30)25-13-15-7-9-16(24)10-8-15/h3-10H,11-13H2,1-2H3,(H,27,31)(H2,25,26,28,29). The Hall–Kier alpha value is -3.85. The van der Waals surface area contributed by atoms with Crippen LogP contribution in [0.15, 0.2) is 53.3 Å². The maximum absolute atomic E-state index is 13.0. The molecule has 10 heteroatoms. The van der Waals surface area contributed by atoms with E-state index < -0.39 is 0 Å². The van der Waals surface area contributed by atoms with Gasteiger partial charge in [0.15, 0.2) is 0 Å². The molecule has 2 aromatic carbocycles. The number of hydrogen-bond donors (Lipinski definition) is 3. The van der Waals surface area contributed by atoms with Crippen molar-refractivity contribution in [3.63, 3.8) is 0 Å². The van der Waals surface area contributed by atoms with Gasteiger partial charge in [-0.3, -0.25) is 14.7 Å². The molecule has 0 saturated heterocycles. The van der Waals surface area contributed by atoms with Gasteiger partial charge >= 0.3 is 0 Å². The van der Waals surface area contributed by atoms with Crippen molar-refractivity contribution in [3.8, 4) is 5.75 Å². The quantitative estimate of drug-likeness (QED) is 0.366. The Bertz CT molecular complexity index is 1350. The predicted octanol–water partition coefficient (Wildman–Crippen LogP) is 3.57. The van der Waals surface area contributed by atoms with Crippen LogP contribution in [0.5, 0.6) is 5.75 Å². The Labute approximate surface area is 194 Å². The largest absolute Gasteiger partial charge is 0.495 e. The fourth-order valence-electron chi connectivity index (χ4n) is 3.41. The van der Waals surface area contributed by atoms with Gasteiger partial charge in [-0.05, 0) is 43.2 Å².